The molecule has 1 aliphatic heterocycles. The van der Waals surface area contributed by atoms with E-state index in [0.717, 1.165) is 29.4 Å². The van der Waals surface area contributed by atoms with Gasteiger partial charge in [-0.05, 0) is 18.2 Å². The Kier molecular flexibility index (Phi) is 3.79. The third kappa shape index (κ3) is 2.79. The van der Waals surface area contributed by atoms with E-state index in [1.165, 1.54) is 23.5 Å². The van der Waals surface area contributed by atoms with E-state index in [1.807, 2.05) is 5.38 Å². The fourth-order valence-electron chi connectivity index (χ4n) is 1.98. The van der Waals surface area contributed by atoms with Gasteiger partial charge in [0.1, 0.15) is 16.9 Å². The molecule has 19 heavy (non-hydrogen) atoms. The molecular weight excluding hydrogens is 287 g/mol. The van der Waals surface area contributed by atoms with Crippen molar-refractivity contribution >= 4 is 22.9 Å². The van der Waals surface area contributed by atoms with Crippen molar-refractivity contribution in [1.82, 2.24) is 10.3 Å². The van der Waals surface area contributed by atoms with E-state index in [-0.39, 0.29) is 11.9 Å². The minimum absolute atomic E-state index is 0.00766. The lowest BCUT2D eigenvalue weighted by atomic mass is 10.2. The van der Waals surface area contributed by atoms with E-state index < -0.39 is 0 Å². The first-order valence-corrected chi connectivity index (χ1v) is 7.23. The van der Waals surface area contributed by atoms with Crippen LogP contribution in [-0.4, -0.2) is 24.7 Å². The third-order valence-corrected chi connectivity index (χ3v) is 4.18. The van der Waals surface area contributed by atoms with Gasteiger partial charge < -0.3 is 10.1 Å². The maximum Gasteiger partial charge on any atom is 0.124 e. The molecular formula is C13H12ClFN2OS. The van der Waals surface area contributed by atoms with E-state index in [0.29, 0.717) is 11.6 Å². The van der Waals surface area contributed by atoms with Crippen LogP contribution in [-0.2, 0) is 4.74 Å². The zero-order valence-corrected chi connectivity index (χ0v) is 11.6. The summed E-state index contributed by atoms with van der Waals surface area (Å²) in [6.45, 7) is 2.33. The first-order chi connectivity index (χ1) is 9.24. The van der Waals surface area contributed by atoms with Crippen molar-refractivity contribution in [3.05, 3.63) is 39.4 Å². The number of ether oxygens (including phenoxy) is 1. The fraction of sp³-hybridized carbons (Fsp3) is 0.308. The predicted octanol–water partition coefficient (Wildman–Crippen LogP) is 3.26. The maximum absolute atomic E-state index is 13.0. The van der Waals surface area contributed by atoms with Gasteiger partial charge >= 0.3 is 0 Å². The summed E-state index contributed by atoms with van der Waals surface area (Å²) in [4.78, 5) is 4.54. The number of rotatable bonds is 2. The molecule has 1 aliphatic rings. The lowest BCUT2D eigenvalue weighted by Crippen LogP contribution is -2.33. The van der Waals surface area contributed by atoms with Gasteiger partial charge in [0.2, 0.25) is 0 Å². The van der Waals surface area contributed by atoms with Gasteiger partial charge in [0.25, 0.3) is 0 Å². The average molecular weight is 299 g/mol. The van der Waals surface area contributed by atoms with Gasteiger partial charge in [0.05, 0.1) is 17.3 Å². The lowest BCUT2D eigenvalue weighted by molar-refractivity contribution is 0.0276. The Hall–Kier alpha value is -1.01. The monoisotopic (exact) mass is 298 g/mol. The Morgan fingerprint density at radius 1 is 1.47 bits per heavy atom. The summed E-state index contributed by atoms with van der Waals surface area (Å²) in [5.74, 6) is -0.344. The number of benzene rings is 1. The Morgan fingerprint density at radius 3 is 3.11 bits per heavy atom. The summed E-state index contributed by atoms with van der Waals surface area (Å²) in [6.07, 6.45) is -0.00766. The number of nitrogens with one attached hydrogen (secondary N) is 1. The first-order valence-electron chi connectivity index (χ1n) is 5.97. The van der Waals surface area contributed by atoms with Gasteiger partial charge in [-0.15, -0.1) is 11.3 Å². The smallest absolute Gasteiger partial charge is 0.124 e. The highest BCUT2D eigenvalue weighted by Crippen LogP contribution is 2.32. The number of halogens is 2. The van der Waals surface area contributed by atoms with E-state index in [1.54, 1.807) is 6.07 Å². The number of morpholine rings is 1. The zero-order valence-electron chi connectivity index (χ0n) is 10.0. The molecule has 1 aromatic carbocycles. The molecule has 1 atom stereocenters. The second kappa shape index (κ2) is 5.54. The minimum Gasteiger partial charge on any atom is -0.368 e. The number of hydrogen-bond donors (Lipinski definition) is 1. The van der Waals surface area contributed by atoms with Gasteiger partial charge in [-0.25, -0.2) is 9.37 Å². The number of hydrogen-bond acceptors (Lipinski definition) is 4. The lowest BCUT2D eigenvalue weighted by Gasteiger charge is -2.21. The largest absolute Gasteiger partial charge is 0.368 e. The molecule has 2 heterocycles. The zero-order chi connectivity index (χ0) is 13.2. The highest BCUT2D eigenvalue weighted by Gasteiger charge is 2.20. The molecule has 0 aliphatic carbocycles. The SMILES string of the molecule is Fc1ccc(-c2csc(C3CNCCO3)n2)c(Cl)c1. The molecule has 3 nitrogen and oxygen atoms in total. The van der Waals surface area contributed by atoms with Crippen LogP contribution in [0.5, 0.6) is 0 Å². The van der Waals surface area contributed by atoms with E-state index in [2.05, 4.69) is 10.3 Å². The van der Waals surface area contributed by atoms with Crippen molar-refractivity contribution < 1.29 is 9.13 Å². The van der Waals surface area contributed by atoms with E-state index in [9.17, 15) is 4.39 Å². The molecule has 1 N–H and O–H groups in total. The molecule has 1 saturated heterocycles. The highest BCUT2D eigenvalue weighted by molar-refractivity contribution is 7.10. The number of thiazole rings is 1. The van der Waals surface area contributed by atoms with Crippen molar-refractivity contribution in [1.29, 1.82) is 0 Å². The van der Waals surface area contributed by atoms with Gasteiger partial charge in [-0.3, -0.25) is 0 Å². The van der Waals surface area contributed by atoms with Gasteiger partial charge in [0.15, 0.2) is 0 Å². The Labute approximate surface area is 119 Å². The van der Waals surface area contributed by atoms with Crippen LogP contribution >= 0.6 is 22.9 Å². The summed E-state index contributed by atoms with van der Waals surface area (Å²) < 4.78 is 18.7. The summed E-state index contributed by atoms with van der Waals surface area (Å²) in [5, 5.41) is 6.48. The molecule has 0 radical (unpaired) electrons. The average Bonchev–Trinajstić information content (AvgIpc) is 2.89. The molecule has 1 unspecified atom stereocenters. The molecule has 6 heteroatoms. The Bertz CT molecular complexity index is 584. The molecule has 0 spiro atoms. The van der Waals surface area contributed by atoms with Crippen LogP contribution in [0, 0.1) is 5.82 Å². The van der Waals surface area contributed by atoms with Crippen LogP contribution in [0.3, 0.4) is 0 Å². The first kappa shape index (κ1) is 13.0. The quantitative estimate of drug-likeness (QED) is 0.924. The minimum atomic E-state index is -0.344. The van der Waals surface area contributed by atoms with Crippen molar-refractivity contribution in [3.63, 3.8) is 0 Å². The Morgan fingerprint density at radius 2 is 2.37 bits per heavy atom. The standard InChI is InChI=1S/C13H12ClFN2OS/c14-10-5-8(15)1-2-9(10)11-7-19-13(17-11)12-6-16-3-4-18-12/h1-2,5,7,12,16H,3-4,6H2. The van der Waals surface area contributed by atoms with Crippen LogP contribution < -0.4 is 5.32 Å². The van der Waals surface area contributed by atoms with Crippen LogP contribution in [0.25, 0.3) is 11.3 Å². The third-order valence-electron chi connectivity index (χ3n) is 2.93. The summed E-state index contributed by atoms with van der Waals surface area (Å²) in [6, 6.07) is 4.34. The number of nitrogens with zero attached hydrogens (tertiary/aromatic N) is 1. The predicted molar refractivity (Wildman–Crippen MR) is 74.1 cm³/mol. The number of aromatic nitrogens is 1. The van der Waals surface area contributed by atoms with Gasteiger partial charge in [-0.2, -0.15) is 0 Å². The Balaban J connectivity index is 1.87. The van der Waals surface area contributed by atoms with Crippen molar-refractivity contribution in [2.24, 2.45) is 0 Å². The van der Waals surface area contributed by atoms with E-state index >= 15 is 0 Å². The molecule has 3 rings (SSSR count). The summed E-state index contributed by atoms with van der Waals surface area (Å²) in [5.41, 5.74) is 1.51. The highest BCUT2D eigenvalue weighted by atomic mass is 35.5. The van der Waals surface area contributed by atoms with Crippen molar-refractivity contribution in [2.45, 2.75) is 6.10 Å². The molecule has 2 aromatic rings. The van der Waals surface area contributed by atoms with Crippen LogP contribution in [0.15, 0.2) is 23.6 Å². The molecule has 0 bridgehead atoms. The molecule has 1 aromatic heterocycles. The summed E-state index contributed by atoms with van der Waals surface area (Å²) >= 11 is 7.58. The second-order valence-electron chi connectivity index (χ2n) is 4.26. The topological polar surface area (TPSA) is 34.1 Å². The van der Waals surface area contributed by atoms with Gasteiger partial charge in [0, 0.05) is 24.0 Å². The van der Waals surface area contributed by atoms with Gasteiger partial charge in [-0.1, -0.05) is 11.6 Å². The van der Waals surface area contributed by atoms with E-state index in [4.69, 9.17) is 16.3 Å². The molecule has 100 valence electrons. The maximum atomic E-state index is 13.0. The molecule has 0 amide bonds. The second-order valence-corrected chi connectivity index (χ2v) is 5.56. The van der Waals surface area contributed by atoms with Crippen molar-refractivity contribution in [2.75, 3.05) is 19.7 Å². The van der Waals surface area contributed by atoms with Crippen LogP contribution in [0.1, 0.15) is 11.1 Å². The molecule has 1 fully saturated rings. The van der Waals surface area contributed by atoms with Crippen LogP contribution in [0.2, 0.25) is 5.02 Å². The van der Waals surface area contributed by atoms with Crippen molar-refractivity contribution in [3.8, 4) is 11.3 Å². The molecule has 0 saturated carbocycles. The fourth-order valence-corrected chi connectivity index (χ4v) is 3.11. The normalized spacial score (nSPS) is 19.6. The van der Waals surface area contributed by atoms with Crippen LogP contribution in [0.4, 0.5) is 4.39 Å². The summed E-state index contributed by atoms with van der Waals surface area (Å²) in [7, 11) is 0.